The molecule has 0 N–H and O–H groups in total. The number of thiol groups is 1. The zero-order valence-corrected chi connectivity index (χ0v) is 9.37. The van der Waals surface area contributed by atoms with Crippen LogP contribution in [0.3, 0.4) is 0 Å². The van der Waals surface area contributed by atoms with Crippen molar-refractivity contribution in [2.75, 3.05) is 5.75 Å². The molecular weight excluding hydrogens is 184 g/mol. The normalized spacial score (nSPS) is 13.7. The summed E-state index contributed by atoms with van der Waals surface area (Å²) in [6, 6.07) is 4.34. The lowest BCUT2D eigenvalue weighted by Gasteiger charge is -2.14. The molecule has 2 heteroatoms. The van der Waals surface area contributed by atoms with Gasteiger partial charge in [-0.15, -0.1) is 11.3 Å². The number of thiophene rings is 1. The molecule has 1 atom stereocenters. The molecule has 0 nitrogen and oxygen atoms in total. The predicted octanol–water partition coefficient (Wildman–Crippen LogP) is 3.81. The van der Waals surface area contributed by atoms with Crippen molar-refractivity contribution in [2.24, 2.45) is 5.92 Å². The highest BCUT2D eigenvalue weighted by Gasteiger charge is 2.11. The summed E-state index contributed by atoms with van der Waals surface area (Å²) in [7, 11) is 0. The smallest absolute Gasteiger partial charge is 0.00844 e. The maximum atomic E-state index is 4.38. The summed E-state index contributed by atoms with van der Waals surface area (Å²) >= 11 is 6.23. The molecule has 0 saturated heterocycles. The van der Waals surface area contributed by atoms with Gasteiger partial charge >= 0.3 is 0 Å². The molecule has 1 unspecified atom stereocenters. The van der Waals surface area contributed by atoms with Crippen molar-refractivity contribution in [2.45, 2.75) is 26.2 Å². The van der Waals surface area contributed by atoms with Gasteiger partial charge in [0.05, 0.1) is 0 Å². The summed E-state index contributed by atoms with van der Waals surface area (Å²) in [4.78, 5) is 1.48. The fourth-order valence-electron chi connectivity index (χ4n) is 1.37. The third-order valence-electron chi connectivity index (χ3n) is 1.92. The highest BCUT2D eigenvalue weighted by molar-refractivity contribution is 7.80. The first-order valence-electron chi connectivity index (χ1n) is 4.38. The van der Waals surface area contributed by atoms with Crippen molar-refractivity contribution in [3.8, 4) is 0 Å². The zero-order valence-electron chi connectivity index (χ0n) is 7.66. The average molecular weight is 200 g/mol. The fourth-order valence-corrected chi connectivity index (χ4v) is 2.69. The second-order valence-electron chi connectivity index (χ2n) is 3.52. The molecule has 0 bridgehead atoms. The topological polar surface area (TPSA) is 0 Å². The van der Waals surface area contributed by atoms with Gasteiger partial charge in [0.15, 0.2) is 0 Å². The summed E-state index contributed by atoms with van der Waals surface area (Å²) in [5, 5.41) is 2.14. The van der Waals surface area contributed by atoms with Gasteiger partial charge in [0, 0.05) is 10.8 Å². The second kappa shape index (κ2) is 4.93. The van der Waals surface area contributed by atoms with Crippen LogP contribution in [0.15, 0.2) is 17.5 Å². The van der Waals surface area contributed by atoms with Crippen molar-refractivity contribution in [3.05, 3.63) is 22.4 Å². The van der Waals surface area contributed by atoms with Gasteiger partial charge in [0.2, 0.25) is 0 Å². The van der Waals surface area contributed by atoms with Gasteiger partial charge in [0.1, 0.15) is 0 Å². The van der Waals surface area contributed by atoms with Gasteiger partial charge in [-0.25, -0.2) is 0 Å². The molecule has 68 valence electrons. The van der Waals surface area contributed by atoms with Crippen LogP contribution in [0.1, 0.15) is 31.1 Å². The lowest BCUT2D eigenvalue weighted by atomic mass is 9.97. The van der Waals surface area contributed by atoms with Gasteiger partial charge in [-0.2, -0.15) is 12.6 Å². The number of hydrogen-bond donors (Lipinski definition) is 1. The SMILES string of the molecule is CC(C)CC(CS)c1cccs1. The number of rotatable bonds is 4. The van der Waals surface area contributed by atoms with Crippen LogP contribution in [-0.2, 0) is 0 Å². The van der Waals surface area contributed by atoms with Crippen LogP contribution in [0.25, 0.3) is 0 Å². The monoisotopic (exact) mass is 200 g/mol. The first kappa shape index (κ1) is 10.1. The van der Waals surface area contributed by atoms with E-state index in [1.54, 1.807) is 0 Å². The molecule has 0 aliphatic carbocycles. The fraction of sp³-hybridized carbons (Fsp3) is 0.600. The Labute approximate surface area is 84.4 Å². The molecule has 0 radical (unpaired) electrons. The largest absolute Gasteiger partial charge is 0.179 e. The molecule has 0 aromatic carbocycles. The van der Waals surface area contributed by atoms with Crippen LogP contribution in [0.2, 0.25) is 0 Å². The van der Waals surface area contributed by atoms with Crippen LogP contribution in [0.5, 0.6) is 0 Å². The van der Waals surface area contributed by atoms with E-state index >= 15 is 0 Å². The van der Waals surface area contributed by atoms with Gasteiger partial charge in [-0.3, -0.25) is 0 Å². The van der Waals surface area contributed by atoms with Gasteiger partial charge in [-0.05, 0) is 29.5 Å². The van der Waals surface area contributed by atoms with Gasteiger partial charge in [0.25, 0.3) is 0 Å². The van der Waals surface area contributed by atoms with Crippen molar-refractivity contribution < 1.29 is 0 Å². The predicted molar refractivity (Wildman–Crippen MR) is 60.4 cm³/mol. The lowest BCUT2D eigenvalue weighted by Crippen LogP contribution is -2.02. The summed E-state index contributed by atoms with van der Waals surface area (Å²) in [6.07, 6.45) is 1.25. The van der Waals surface area contributed by atoms with Crippen molar-refractivity contribution in [1.29, 1.82) is 0 Å². The molecule has 0 aliphatic heterocycles. The molecule has 1 aromatic heterocycles. The molecule has 1 aromatic rings. The van der Waals surface area contributed by atoms with E-state index in [0.29, 0.717) is 5.92 Å². The van der Waals surface area contributed by atoms with E-state index in [0.717, 1.165) is 11.7 Å². The summed E-state index contributed by atoms with van der Waals surface area (Å²) in [6.45, 7) is 4.54. The summed E-state index contributed by atoms with van der Waals surface area (Å²) in [5.74, 6) is 2.40. The maximum absolute atomic E-state index is 4.38. The van der Waals surface area contributed by atoms with Crippen molar-refractivity contribution >= 4 is 24.0 Å². The van der Waals surface area contributed by atoms with Crippen LogP contribution >= 0.6 is 24.0 Å². The van der Waals surface area contributed by atoms with E-state index in [1.807, 2.05) is 11.3 Å². The standard InChI is InChI=1S/C10H16S2/c1-8(2)6-9(7-11)10-4-3-5-12-10/h3-5,8-9,11H,6-7H2,1-2H3. The van der Waals surface area contributed by atoms with Crippen LogP contribution in [-0.4, -0.2) is 5.75 Å². The van der Waals surface area contributed by atoms with Crippen molar-refractivity contribution in [3.63, 3.8) is 0 Å². The average Bonchev–Trinajstić information content (AvgIpc) is 2.51. The molecule has 0 fully saturated rings. The summed E-state index contributed by atoms with van der Waals surface area (Å²) < 4.78 is 0. The molecular formula is C10H16S2. The van der Waals surface area contributed by atoms with Gasteiger partial charge < -0.3 is 0 Å². The Hall–Kier alpha value is 0.0500. The quantitative estimate of drug-likeness (QED) is 0.702. The van der Waals surface area contributed by atoms with E-state index in [2.05, 4.69) is 44.0 Å². The van der Waals surface area contributed by atoms with E-state index in [1.165, 1.54) is 11.3 Å². The highest BCUT2D eigenvalue weighted by Crippen LogP contribution is 2.28. The van der Waals surface area contributed by atoms with E-state index in [-0.39, 0.29) is 0 Å². The molecule has 0 saturated carbocycles. The molecule has 12 heavy (non-hydrogen) atoms. The van der Waals surface area contributed by atoms with E-state index in [9.17, 15) is 0 Å². The summed E-state index contributed by atoms with van der Waals surface area (Å²) in [5.41, 5.74) is 0. The molecule has 1 heterocycles. The van der Waals surface area contributed by atoms with E-state index < -0.39 is 0 Å². The number of hydrogen-bond acceptors (Lipinski definition) is 2. The molecule has 0 spiro atoms. The van der Waals surface area contributed by atoms with E-state index in [4.69, 9.17) is 0 Å². The second-order valence-corrected chi connectivity index (χ2v) is 4.87. The Bertz CT molecular complexity index is 202. The van der Waals surface area contributed by atoms with Gasteiger partial charge in [-0.1, -0.05) is 19.9 Å². The van der Waals surface area contributed by atoms with Crippen LogP contribution < -0.4 is 0 Å². The Kier molecular flexibility index (Phi) is 4.16. The Morgan fingerprint density at radius 3 is 2.67 bits per heavy atom. The zero-order chi connectivity index (χ0) is 8.97. The Morgan fingerprint density at radius 1 is 1.50 bits per heavy atom. The minimum atomic E-state index is 0.660. The van der Waals surface area contributed by atoms with Crippen LogP contribution in [0.4, 0.5) is 0 Å². The maximum Gasteiger partial charge on any atom is 0.00844 e. The van der Waals surface area contributed by atoms with Crippen molar-refractivity contribution in [1.82, 2.24) is 0 Å². The third-order valence-corrected chi connectivity index (χ3v) is 3.40. The van der Waals surface area contributed by atoms with Crippen LogP contribution in [0, 0.1) is 5.92 Å². The molecule has 1 rings (SSSR count). The first-order valence-corrected chi connectivity index (χ1v) is 5.89. The Balaban J connectivity index is 2.57. The third kappa shape index (κ3) is 2.83. The highest BCUT2D eigenvalue weighted by atomic mass is 32.1. The molecule has 0 aliphatic rings. The minimum absolute atomic E-state index is 0.660. The lowest BCUT2D eigenvalue weighted by molar-refractivity contribution is 0.533. The minimum Gasteiger partial charge on any atom is -0.179 e. The molecule has 0 amide bonds. The first-order chi connectivity index (χ1) is 5.74. The Morgan fingerprint density at radius 2 is 2.25 bits per heavy atom.